The number of nitrogens with zero attached hydrogens (tertiary/aromatic N) is 5. The Morgan fingerprint density at radius 2 is 0.638 bits per heavy atom. The number of nitrogens with one attached hydrogen (secondary N) is 1. The van der Waals surface area contributed by atoms with Crippen LogP contribution in [0.2, 0.25) is 5.28 Å². The molecule has 0 saturated heterocycles. The van der Waals surface area contributed by atoms with Crippen LogP contribution in [0.4, 0.5) is 0 Å². The fourth-order valence-corrected chi connectivity index (χ4v) is 19.6. The molecule has 0 bridgehead atoms. The third kappa shape index (κ3) is 9.14. The lowest BCUT2D eigenvalue weighted by Crippen LogP contribution is -2.04. The molecule has 0 amide bonds. The molecule has 24 aromatic rings. The molecule has 0 radical (unpaired) electrons. The van der Waals surface area contributed by atoms with Gasteiger partial charge in [0.15, 0.2) is 0 Å². The van der Waals surface area contributed by atoms with E-state index in [1.54, 1.807) is 0 Å². The van der Waals surface area contributed by atoms with Gasteiger partial charge >= 0.3 is 0 Å². The Hall–Kier alpha value is -13.0. The predicted molar refractivity (Wildman–Crippen MR) is 451 cm³/mol. The van der Waals surface area contributed by atoms with Crippen molar-refractivity contribution in [1.82, 2.24) is 29.5 Å². The van der Waals surface area contributed by atoms with Crippen molar-refractivity contribution in [2.45, 2.75) is 0 Å². The van der Waals surface area contributed by atoms with Crippen molar-refractivity contribution >= 4 is 226 Å². The summed E-state index contributed by atoms with van der Waals surface area (Å²) in [5.74, 6) is 0.676. The topological polar surface area (TPSA) is 72.3 Å². The third-order valence-corrected chi connectivity index (χ3v) is 24.1. The van der Waals surface area contributed by atoms with Gasteiger partial charge in [0.2, 0.25) is 11.2 Å². The minimum Gasteiger partial charge on any atom is -0.353 e. The van der Waals surface area contributed by atoms with Crippen molar-refractivity contribution in [2.24, 2.45) is 0 Å². The quantitative estimate of drug-likeness (QED) is 0.141. The molecule has 0 aliphatic heterocycles. The van der Waals surface area contributed by atoms with Crippen LogP contribution in [-0.4, -0.2) is 29.5 Å². The smallest absolute Gasteiger partial charge is 0.235 e. The maximum atomic E-state index is 6.30. The Balaban J connectivity index is 0.000000109. The second kappa shape index (κ2) is 23.6. The van der Waals surface area contributed by atoms with E-state index in [0.29, 0.717) is 5.95 Å². The molecule has 6 heterocycles. The van der Waals surface area contributed by atoms with Crippen molar-refractivity contribution in [3.8, 4) is 28.5 Å². The number of H-pyrrole nitrogens is 1. The van der Waals surface area contributed by atoms with Crippen LogP contribution in [0.1, 0.15) is 0 Å². The van der Waals surface area contributed by atoms with Gasteiger partial charge in [-0.1, -0.05) is 303 Å². The zero-order valence-electron chi connectivity index (χ0n) is 56.1. The van der Waals surface area contributed by atoms with E-state index in [9.17, 15) is 0 Å². The zero-order chi connectivity index (χ0) is 69.0. The van der Waals surface area contributed by atoms with Crippen LogP contribution in [-0.2, 0) is 0 Å². The number of rotatable bonds is 3. The van der Waals surface area contributed by atoms with Crippen LogP contribution in [0, 0.1) is 0 Å². The summed E-state index contributed by atoms with van der Waals surface area (Å²) in [7, 11) is 0. The molecule has 1 N–H and O–H groups in total. The number of hydrogen-bond donors (Lipinski definition) is 1. The molecule has 488 valence electrons. The van der Waals surface area contributed by atoms with Gasteiger partial charge in [-0.25, -0.2) is 19.9 Å². The first-order chi connectivity index (χ1) is 52.0. The van der Waals surface area contributed by atoms with E-state index < -0.39 is 0 Å². The summed E-state index contributed by atoms with van der Waals surface area (Å²) < 4.78 is 7.69. The number of fused-ring (bicyclic) bond motifs is 32. The van der Waals surface area contributed by atoms with Crippen molar-refractivity contribution < 1.29 is 0 Å². The van der Waals surface area contributed by atoms with Gasteiger partial charge < -0.3 is 4.98 Å². The van der Waals surface area contributed by atoms with Crippen LogP contribution >= 0.6 is 34.3 Å². The molecule has 105 heavy (non-hydrogen) atoms. The maximum absolute atomic E-state index is 6.30. The third-order valence-electron chi connectivity index (χ3n) is 21.5. The highest BCUT2D eigenvalue weighted by molar-refractivity contribution is 7.27. The molecular formula is C96H55ClN6S2. The monoisotopic (exact) mass is 1390 g/mol. The second-order valence-electron chi connectivity index (χ2n) is 27.2. The maximum Gasteiger partial charge on any atom is 0.235 e. The van der Waals surface area contributed by atoms with Crippen LogP contribution in [0.25, 0.3) is 220 Å². The Morgan fingerprint density at radius 1 is 0.248 bits per heavy atom. The summed E-state index contributed by atoms with van der Waals surface area (Å²) in [5, 5.41) is 32.0. The molecule has 0 atom stereocenters. The van der Waals surface area contributed by atoms with Crippen LogP contribution in [0.3, 0.4) is 0 Å². The number of aromatic amines is 1. The number of hydrogen-bond acceptors (Lipinski definition) is 6. The molecule has 0 saturated carbocycles. The Kier molecular flexibility index (Phi) is 13.4. The first-order valence-electron chi connectivity index (χ1n) is 35.4. The van der Waals surface area contributed by atoms with Gasteiger partial charge in [-0.3, -0.25) is 4.57 Å². The van der Waals surface area contributed by atoms with Crippen molar-refractivity contribution in [1.29, 1.82) is 0 Å². The Labute approximate surface area is 612 Å². The summed E-state index contributed by atoms with van der Waals surface area (Å²) in [6.07, 6.45) is 0. The molecule has 0 aliphatic rings. The van der Waals surface area contributed by atoms with E-state index in [1.807, 2.05) is 46.9 Å². The van der Waals surface area contributed by atoms with Crippen molar-refractivity contribution in [3.05, 3.63) is 333 Å². The molecule has 18 aromatic carbocycles. The molecule has 9 heteroatoms. The summed E-state index contributed by atoms with van der Waals surface area (Å²) in [6.45, 7) is 0. The second-order valence-corrected chi connectivity index (χ2v) is 29.6. The van der Waals surface area contributed by atoms with E-state index in [4.69, 9.17) is 21.6 Å². The zero-order valence-corrected chi connectivity index (χ0v) is 58.5. The average molecular weight is 1390 g/mol. The minimum absolute atomic E-state index is 0.270. The number of thiophene rings is 2. The standard InChI is InChI=1S/C48H27N3S.C26H15NS.C22H13ClN2/c1-4-16-31-28(12-1)15-11-22-35(31)44-39-27-25-29-13-2-5-17-32(29)43(39)49-48(50-44)51-45-33-18-6-3-14-30(33)24-26-38(45)41-34-19-7-8-20-36(34)47-42(46(41)51)37-21-9-10-23-40(37)52-47;1-2-8-16-15(7-1)13-14-20-22-17-9-3-4-10-18(17)26-23(25(22)27-24(16)20)19-11-5-6-12-21(19)28-26;23-22-24-20-17-10-4-2-7-15(17)12-13-19(20)21(25-22)18-11-5-8-14-6-1-3-9-16(14)18/h1-27H;1-14,27H;1-13H. The van der Waals surface area contributed by atoms with E-state index >= 15 is 0 Å². The summed E-state index contributed by atoms with van der Waals surface area (Å²) in [4.78, 5) is 24.3. The number of benzene rings is 18. The summed E-state index contributed by atoms with van der Waals surface area (Å²) >= 11 is 10.1. The van der Waals surface area contributed by atoms with E-state index in [2.05, 4.69) is 323 Å². The molecule has 24 rings (SSSR count). The van der Waals surface area contributed by atoms with Gasteiger partial charge in [0.1, 0.15) is 0 Å². The number of aromatic nitrogens is 6. The first-order valence-corrected chi connectivity index (χ1v) is 37.4. The lowest BCUT2D eigenvalue weighted by atomic mass is 9.97. The largest absolute Gasteiger partial charge is 0.353 e. The van der Waals surface area contributed by atoms with Gasteiger partial charge in [0, 0.05) is 116 Å². The van der Waals surface area contributed by atoms with Gasteiger partial charge in [-0.2, -0.15) is 0 Å². The van der Waals surface area contributed by atoms with Gasteiger partial charge in [0.25, 0.3) is 0 Å². The van der Waals surface area contributed by atoms with E-state index in [1.165, 1.54) is 132 Å². The predicted octanol–water partition coefficient (Wildman–Crippen LogP) is 27.6. The lowest BCUT2D eigenvalue weighted by Gasteiger charge is -2.15. The highest BCUT2D eigenvalue weighted by Gasteiger charge is 2.27. The molecular weight excluding hydrogens is 1340 g/mol. The molecule has 6 aromatic heterocycles. The van der Waals surface area contributed by atoms with Crippen molar-refractivity contribution in [3.63, 3.8) is 0 Å². The Morgan fingerprint density at radius 3 is 1.21 bits per heavy atom. The van der Waals surface area contributed by atoms with Crippen molar-refractivity contribution in [2.75, 3.05) is 0 Å². The molecule has 6 nitrogen and oxygen atoms in total. The SMILES string of the molecule is Clc1nc(-c2cccc3ccccc23)c2ccc3ccccc3c2n1.c1ccc2c(-c3nc(-n4c5c6ccccc6ccc5c5c6ccccc6c6sc7ccccc7c6c54)nc4c3ccc3ccccc34)cccc2c1.c1ccc2c(c1)ccc1c2[nH]c2c1c1ccccc1c1sc3ccccc3c21. The van der Waals surface area contributed by atoms with Crippen LogP contribution < -0.4 is 0 Å². The van der Waals surface area contributed by atoms with Gasteiger partial charge in [0.05, 0.1) is 44.5 Å². The normalized spacial score (nSPS) is 12.0. The highest BCUT2D eigenvalue weighted by Crippen LogP contribution is 2.51. The van der Waals surface area contributed by atoms with Crippen LogP contribution in [0.15, 0.2) is 328 Å². The minimum atomic E-state index is 0.270. The number of halogens is 1. The lowest BCUT2D eigenvalue weighted by molar-refractivity contribution is 1.02. The summed E-state index contributed by atoms with van der Waals surface area (Å²) in [6, 6.07) is 117. The fraction of sp³-hybridized carbons (Fsp3) is 0. The molecule has 0 fully saturated rings. The fourth-order valence-electron chi connectivity index (χ4n) is 17.0. The molecule has 0 aliphatic carbocycles. The first kappa shape index (κ1) is 59.7. The average Bonchev–Trinajstić information content (AvgIpc) is 1.54. The Bertz CT molecular complexity index is 7830. The molecule has 0 spiro atoms. The van der Waals surface area contributed by atoms with Gasteiger partial charge in [-0.15, -0.1) is 22.7 Å². The van der Waals surface area contributed by atoms with Gasteiger partial charge in [-0.05, 0) is 89.7 Å². The molecule has 0 unspecified atom stereocenters. The van der Waals surface area contributed by atoms with E-state index in [-0.39, 0.29) is 5.28 Å². The summed E-state index contributed by atoms with van der Waals surface area (Å²) in [5.41, 5.74) is 10.6. The highest BCUT2D eigenvalue weighted by atomic mass is 35.5. The van der Waals surface area contributed by atoms with Crippen LogP contribution in [0.5, 0.6) is 0 Å². The van der Waals surface area contributed by atoms with E-state index in [0.717, 1.165) is 82.3 Å².